The number of non-ortho nitro benzene ring substituents is 1. The Kier molecular flexibility index (Phi) is 4.60. The van der Waals surface area contributed by atoms with Gasteiger partial charge in [0.05, 0.1) is 11.0 Å². The van der Waals surface area contributed by atoms with Gasteiger partial charge in [0.15, 0.2) is 5.11 Å². The SMILES string of the molecule is O=[N+]([O-])c1cccc([C@@H]2c3cccn3CCN2C(=S)Nc2ccccc2)c1. The minimum absolute atomic E-state index is 0.0815. The highest BCUT2D eigenvalue weighted by atomic mass is 32.1. The normalized spacial score (nSPS) is 15.9. The maximum atomic E-state index is 11.2. The van der Waals surface area contributed by atoms with E-state index in [0.717, 1.165) is 23.5 Å². The van der Waals surface area contributed by atoms with E-state index in [2.05, 4.69) is 14.8 Å². The van der Waals surface area contributed by atoms with Crippen molar-refractivity contribution in [3.05, 3.63) is 94.3 Å². The van der Waals surface area contributed by atoms with E-state index in [1.807, 2.05) is 54.7 Å². The molecule has 0 spiro atoms. The van der Waals surface area contributed by atoms with Crippen LogP contribution < -0.4 is 5.32 Å². The first-order valence-electron chi connectivity index (χ1n) is 8.65. The molecule has 4 rings (SSSR count). The minimum atomic E-state index is -0.365. The summed E-state index contributed by atoms with van der Waals surface area (Å²) in [5.74, 6) is 0. The minimum Gasteiger partial charge on any atom is -0.348 e. The molecule has 0 unspecified atom stereocenters. The van der Waals surface area contributed by atoms with Gasteiger partial charge in [-0.15, -0.1) is 0 Å². The van der Waals surface area contributed by atoms with E-state index in [4.69, 9.17) is 12.2 Å². The monoisotopic (exact) mass is 378 g/mol. The molecule has 136 valence electrons. The van der Waals surface area contributed by atoms with Gasteiger partial charge in [-0.25, -0.2) is 0 Å². The molecule has 1 N–H and O–H groups in total. The Morgan fingerprint density at radius 3 is 2.67 bits per heavy atom. The summed E-state index contributed by atoms with van der Waals surface area (Å²) in [6.07, 6.45) is 2.03. The van der Waals surface area contributed by atoms with Gasteiger partial charge in [0.1, 0.15) is 0 Å². The van der Waals surface area contributed by atoms with Crippen LogP contribution in [0.2, 0.25) is 0 Å². The highest BCUT2D eigenvalue weighted by Gasteiger charge is 2.31. The Labute approximate surface area is 162 Å². The highest BCUT2D eigenvalue weighted by molar-refractivity contribution is 7.80. The number of hydrogen-bond acceptors (Lipinski definition) is 3. The third-order valence-corrected chi connectivity index (χ3v) is 5.06. The molecule has 2 aromatic carbocycles. The standard InChI is InChI=1S/C20H18N4O2S/c25-24(26)17-9-4-6-15(14-17)19-18-10-5-11-22(18)12-13-23(19)20(27)21-16-7-2-1-3-8-16/h1-11,14,19H,12-13H2,(H,21,27)/t19-/m1/s1. The van der Waals surface area contributed by atoms with Crippen molar-refractivity contribution in [1.29, 1.82) is 0 Å². The number of para-hydroxylation sites is 1. The van der Waals surface area contributed by atoms with Crippen molar-refractivity contribution in [3.8, 4) is 0 Å². The second-order valence-electron chi connectivity index (χ2n) is 6.37. The van der Waals surface area contributed by atoms with Crippen LogP contribution in [-0.4, -0.2) is 26.0 Å². The summed E-state index contributed by atoms with van der Waals surface area (Å²) in [6, 6.07) is 20.4. The van der Waals surface area contributed by atoms with E-state index in [-0.39, 0.29) is 16.7 Å². The van der Waals surface area contributed by atoms with Crippen LogP contribution in [0.15, 0.2) is 72.9 Å². The lowest BCUT2D eigenvalue weighted by molar-refractivity contribution is -0.384. The topological polar surface area (TPSA) is 63.3 Å². The number of benzene rings is 2. The first kappa shape index (κ1) is 17.2. The molecule has 0 radical (unpaired) electrons. The molecule has 1 aromatic heterocycles. The summed E-state index contributed by atoms with van der Waals surface area (Å²) in [4.78, 5) is 13.0. The van der Waals surface area contributed by atoms with Crippen molar-refractivity contribution in [3.63, 3.8) is 0 Å². The number of rotatable bonds is 3. The van der Waals surface area contributed by atoms with Crippen LogP contribution in [0.5, 0.6) is 0 Å². The molecule has 0 bridgehead atoms. The average molecular weight is 378 g/mol. The molecule has 0 amide bonds. The summed E-state index contributed by atoms with van der Waals surface area (Å²) in [5.41, 5.74) is 2.92. The van der Waals surface area contributed by atoms with Crippen molar-refractivity contribution in [2.24, 2.45) is 0 Å². The summed E-state index contributed by atoms with van der Waals surface area (Å²) >= 11 is 5.69. The van der Waals surface area contributed by atoms with E-state index < -0.39 is 0 Å². The van der Waals surface area contributed by atoms with E-state index in [1.54, 1.807) is 12.1 Å². The van der Waals surface area contributed by atoms with Crippen LogP contribution in [0.25, 0.3) is 0 Å². The maximum Gasteiger partial charge on any atom is 0.269 e. The number of thiocarbonyl (C=S) groups is 1. The third kappa shape index (κ3) is 3.41. The molecule has 27 heavy (non-hydrogen) atoms. The Hall–Kier alpha value is -3.19. The number of nitro groups is 1. The lowest BCUT2D eigenvalue weighted by Crippen LogP contribution is -2.44. The molecule has 0 aliphatic carbocycles. The van der Waals surface area contributed by atoms with Crippen molar-refractivity contribution < 1.29 is 4.92 Å². The Balaban J connectivity index is 1.71. The largest absolute Gasteiger partial charge is 0.348 e. The van der Waals surface area contributed by atoms with Crippen LogP contribution in [0.4, 0.5) is 11.4 Å². The molecule has 0 saturated heterocycles. The van der Waals surface area contributed by atoms with Crippen molar-refractivity contribution >= 4 is 28.7 Å². The van der Waals surface area contributed by atoms with Gasteiger partial charge in [-0.05, 0) is 42.0 Å². The van der Waals surface area contributed by atoms with Crippen LogP contribution in [0.1, 0.15) is 17.3 Å². The fourth-order valence-electron chi connectivity index (χ4n) is 3.48. The summed E-state index contributed by atoms with van der Waals surface area (Å²) in [7, 11) is 0. The molecule has 1 aliphatic heterocycles. The molecule has 1 atom stereocenters. The van der Waals surface area contributed by atoms with Gasteiger partial charge < -0.3 is 14.8 Å². The third-order valence-electron chi connectivity index (χ3n) is 4.72. The van der Waals surface area contributed by atoms with Crippen molar-refractivity contribution in [1.82, 2.24) is 9.47 Å². The second kappa shape index (κ2) is 7.20. The maximum absolute atomic E-state index is 11.2. The Morgan fingerprint density at radius 1 is 1.07 bits per heavy atom. The molecule has 7 heteroatoms. The average Bonchev–Trinajstić information content (AvgIpc) is 3.16. The van der Waals surface area contributed by atoms with Gasteiger partial charge in [0, 0.05) is 42.8 Å². The van der Waals surface area contributed by atoms with E-state index in [9.17, 15) is 10.1 Å². The summed E-state index contributed by atoms with van der Waals surface area (Å²) in [6.45, 7) is 1.53. The number of nitrogens with one attached hydrogen (secondary N) is 1. The van der Waals surface area contributed by atoms with Gasteiger partial charge in [0.2, 0.25) is 0 Å². The lowest BCUT2D eigenvalue weighted by Gasteiger charge is -2.39. The fourth-order valence-corrected chi connectivity index (χ4v) is 3.79. The number of nitrogens with zero attached hydrogens (tertiary/aromatic N) is 3. The second-order valence-corrected chi connectivity index (χ2v) is 6.76. The molecular weight excluding hydrogens is 360 g/mol. The summed E-state index contributed by atoms with van der Waals surface area (Å²) in [5, 5.41) is 15.1. The molecule has 3 aromatic rings. The van der Waals surface area contributed by atoms with Gasteiger partial charge in [-0.1, -0.05) is 30.3 Å². The number of anilines is 1. The Bertz CT molecular complexity index is 986. The van der Waals surface area contributed by atoms with E-state index in [0.29, 0.717) is 11.7 Å². The highest BCUT2D eigenvalue weighted by Crippen LogP contribution is 2.34. The molecule has 0 fully saturated rings. The van der Waals surface area contributed by atoms with Gasteiger partial charge in [-0.3, -0.25) is 10.1 Å². The zero-order valence-electron chi connectivity index (χ0n) is 14.5. The number of aromatic nitrogens is 1. The summed E-state index contributed by atoms with van der Waals surface area (Å²) < 4.78 is 2.17. The predicted molar refractivity (Wildman–Crippen MR) is 109 cm³/mol. The van der Waals surface area contributed by atoms with Crippen molar-refractivity contribution in [2.75, 3.05) is 11.9 Å². The van der Waals surface area contributed by atoms with Gasteiger partial charge in [-0.2, -0.15) is 0 Å². The van der Waals surface area contributed by atoms with Gasteiger partial charge in [0.25, 0.3) is 5.69 Å². The molecule has 2 heterocycles. The quantitative estimate of drug-likeness (QED) is 0.420. The molecule has 0 saturated carbocycles. The first-order valence-corrected chi connectivity index (χ1v) is 9.06. The number of nitro benzene ring substituents is 1. The lowest BCUT2D eigenvalue weighted by atomic mass is 10.00. The molecule has 6 nitrogen and oxygen atoms in total. The van der Waals surface area contributed by atoms with E-state index in [1.165, 1.54) is 6.07 Å². The number of fused-ring (bicyclic) bond motifs is 1. The fraction of sp³-hybridized carbons (Fsp3) is 0.150. The van der Waals surface area contributed by atoms with Crippen LogP contribution in [0, 0.1) is 10.1 Å². The smallest absolute Gasteiger partial charge is 0.269 e. The van der Waals surface area contributed by atoms with Gasteiger partial charge >= 0.3 is 0 Å². The first-order chi connectivity index (χ1) is 13.1. The van der Waals surface area contributed by atoms with Crippen LogP contribution >= 0.6 is 12.2 Å². The van der Waals surface area contributed by atoms with E-state index >= 15 is 0 Å². The zero-order chi connectivity index (χ0) is 18.8. The molecule has 1 aliphatic rings. The predicted octanol–water partition coefficient (Wildman–Crippen LogP) is 4.20. The Morgan fingerprint density at radius 2 is 1.89 bits per heavy atom. The molecular formula is C20H18N4O2S. The zero-order valence-corrected chi connectivity index (χ0v) is 15.3. The van der Waals surface area contributed by atoms with Crippen LogP contribution in [-0.2, 0) is 6.54 Å². The number of hydrogen-bond donors (Lipinski definition) is 1. The van der Waals surface area contributed by atoms with Crippen LogP contribution in [0.3, 0.4) is 0 Å². The van der Waals surface area contributed by atoms with Crippen molar-refractivity contribution in [2.45, 2.75) is 12.6 Å².